The first kappa shape index (κ1) is 20.4. The van der Waals surface area contributed by atoms with Gasteiger partial charge in [0.05, 0.1) is 5.54 Å². The van der Waals surface area contributed by atoms with Gasteiger partial charge in [-0.25, -0.2) is 4.39 Å². The number of carbonyl (C=O) groups excluding carboxylic acids is 1. The van der Waals surface area contributed by atoms with E-state index in [0.29, 0.717) is 17.9 Å². The summed E-state index contributed by atoms with van der Waals surface area (Å²) in [5.74, 6) is 0.289. The van der Waals surface area contributed by atoms with Crippen molar-refractivity contribution in [3.63, 3.8) is 0 Å². The average Bonchev–Trinajstić information content (AvgIpc) is 3.48. The molecule has 0 atom stereocenters. The number of halogens is 1. The van der Waals surface area contributed by atoms with Crippen LogP contribution in [0.4, 0.5) is 4.39 Å². The van der Waals surface area contributed by atoms with E-state index in [-0.39, 0.29) is 11.7 Å². The average molecular weight is 407 g/mol. The van der Waals surface area contributed by atoms with Gasteiger partial charge in [-0.3, -0.25) is 4.79 Å². The van der Waals surface area contributed by atoms with Crippen molar-refractivity contribution in [3.05, 3.63) is 77.1 Å². The van der Waals surface area contributed by atoms with Gasteiger partial charge in [-0.1, -0.05) is 30.3 Å². The molecule has 0 heterocycles. The van der Waals surface area contributed by atoms with Crippen LogP contribution in [0, 0.1) is 12.7 Å². The van der Waals surface area contributed by atoms with Gasteiger partial charge >= 0.3 is 0 Å². The summed E-state index contributed by atoms with van der Waals surface area (Å²) in [4.78, 5) is 15.2. The quantitative estimate of drug-likeness (QED) is 0.621. The molecule has 5 heteroatoms. The number of amides is 1. The molecule has 0 saturated heterocycles. The van der Waals surface area contributed by atoms with E-state index in [1.165, 1.54) is 6.07 Å². The lowest BCUT2D eigenvalue weighted by Gasteiger charge is -2.21. The number of ether oxygens (including phenoxy) is 1. The lowest BCUT2D eigenvalue weighted by Crippen LogP contribution is -2.35. The van der Waals surface area contributed by atoms with Crippen molar-refractivity contribution in [1.82, 2.24) is 10.2 Å². The van der Waals surface area contributed by atoms with Gasteiger partial charge in [-0.05, 0) is 80.0 Å². The van der Waals surface area contributed by atoms with Crippen LogP contribution >= 0.6 is 0 Å². The van der Waals surface area contributed by atoms with Crippen molar-refractivity contribution in [2.45, 2.75) is 25.3 Å². The van der Waals surface area contributed by atoms with Gasteiger partial charge in [0.15, 0.2) is 0 Å². The molecule has 1 aliphatic carbocycles. The third-order valence-electron chi connectivity index (χ3n) is 5.72. The summed E-state index contributed by atoms with van der Waals surface area (Å²) < 4.78 is 19.7. The van der Waals surface area contributed by atoms with E-state index in [4.69, 9.17) is 4.74 Å². The minimum atomic E-state index is -0.446. The van der Waals surface area contributed by atoms with E-state index in [1.807, 2.05) is 56.3 Å². The SMILES string of the molecule is Cc1ccc(OCCN(C)C)cc1C(=O)NC1(c2cccc3ccc(F)cc23)CC1. The molecule has 4 rings (SSSR count). The van der Waals surface area contributed by atoms with Gasteiger partial charge in [0, 0.05) is 12.1 Å². The lowest BCUT2D eigenvalue weighted by molar-refractivity contribution is 0.0930. The summed E-state index contributed by atoms with van der Waals surface area (Å²) in [6.07, 6.45) is 1.68. The Morgan fingerprint density at radius 1 is 1.13 bits per heavy atom. The zero-order chi connectivity index (χ0) is 21.3. The predicted molar refractivity (Wildman–Crippen MR) is 118 cm³/mol. The highest BCUT2D eigenvalue weighted by atomic mass is 19.1. The van der Waals surface area contributed by atoms with Gasteiger partial charge < -0.3 is 15.0 Å². The third kappa shape index (κ3) is 4.17. The molecule has 1 aliphatic rings. The number of hydrogen-bond donors (Lipinski definition) is 1. The standard InChI is InChI=1S/C25H27FN2O2/c1-17-7-10-20(30-14-13-28(2)3)16-21(17)24(29)27-25(11-12-25)23-6-4-5-18-8-9-19(26)15-22(18)23/h4-10,15-16H,11-14H2,1-3H3,(H,27,29). The van der Waals surface area contributed by atoms with Crippen LogP contribution in [0.5, 0.6) is 5.75 Å². The Hall–Kier alpha value is -2.92. The van der Waals surface area contributed by atoms with Gasteiger partial charge in [-0.15, -0.1) is 0 Å². The topological polar surface area (TPSA) is 41.6 Å². The smallest absolute Gasteiger partial charge is 0.252 e. The summed E-state index contributed by atoms with van der Waals surface area (Å²) in [7, 11) is 3.98. The molecule has 3 aromatic carbocycles. The van der Waals surface area contributed by atoms with Crippen molar-refractivity contribution in [1.29, 1.82) is 0 Å². The Morgan fingerprint density at radius 2 is 1.93 bits per heavy atom. The zero-order valence-corrected chi connectivity index (χ0v) is 17.7. The zero-order valence-electron chi connectivity index (χ0n) is 17.7. The highest BCUT2D eigenvalue weighted by molar-refractivity contribution is 5.97. The maximum Gasteiger partial charge on any atom is 0.252 e. The van der Waals surface area contributed by atoms with E-state index >= 15 is 0 Å². The van der Waals surface area contributed by atoms with Crippen LogP contribution in [0.3, 0.4) is 0 Å². The molecule has 0 bridgehead atoms. The van der Waals surface area contributed by atoms with Crippen molar-refractivity contribution in [2.75, 3.05) is 27.2 Å². The van der Waals surface area contributed by atoms with Crippen molar-refractivity contribution in [2.24, 2.45) is 0 Å². The van der Waals surface area contributed by atoms with Crippen LogP contribution in [0.2, 0.25) is 0 Å². The molecule has 1 saturated carbocycles. The molecular weight excluding hydrogens is 379 g/mol. The second kappa shape index (κ2) is 8.07. The normalized spacial score (nSPS) is 14.7. The Labute approximate surface area is 176 Å². The molecule has 0 aliphatic heterocycles. The van der Waals surface area contributed by atoms with Gasteiger partial charge in [0.25, 0.3) is 5.91 Å². The van der Waals surface area contributed by atoms with Gasteiger partial charge in [0.2, 0.25) is 0 Å². The summed E-state index contributed by atoms with van der Waals surface area (Å²) in [5, 5.41) is 5.06. The van der Waals surface area contributed by atoms with Crippen LogP contribution in [-0.4, -0.2) is 38.1 Å². The van der Waals surface area contributed by atoms with E-state index in [0.717, 1.165) is 41.3 Å². The molecule has 0 spiro atoms. The fourth-order valence-corrected chi connectivity index (χ4v) is 3.82. The Morgan fingerprint density at radius 3 is 2.67 bits per heavy atom. The third-order valence-corrected chi connectivity index (χ3v) is 5.72. The lowest BCUT2D eigenvalue weighted by atomic mass is 9.96. The maximum atomic E-state index is 13.9. The summed E-state index contributed by atoms with van der Waals surface area (Å²) in [5.41, 5.74) is 2.03. The van der Waals surface area contributed by atoms with E-state index in [2.05, 4.69) is 5.32 Å². The highest BCUT2D eigenvalue weighted by Gasteiger charge is 2.46. The van der Waals surface area contributed by atoms with Gasteiger partial charge in [0.1, 0.15) is 18.2 Å². The predicted octanol–water partition coefficient (Wildman–Crippen LogP) is 4.65. The molecule has 0 aromatic heterocycles. The van der Waals surface area contributed by atoms with Crippen LogP contribution in [0.25, 0.3) is 10.8 Å². The van der Waals surface area contributed by atoms with E-state index in [1.54, 1.807) is 18.2 Å². The maximum absolute atomic E-state index is 13.9. The summed E-state index contributed by atoms with van der Waals surface area (Å²) in [6.45, 7) is 3.28. The first-order chi connectivity index (χ1) is 14.4. The van der Waals surface area contributed by atoms with E-state index in [9.17, 15) is 9.18 Å². The number of rotatable bonds is 7. The summed E-state index contributed by atoms with van der Waals surface area (Å²) >= 11 is 0. The first-order valence-corrected chi connectivity index (χ1v) is 10.3. The molecule has 30 heavy (non-hydrogen) atoms. The minimum Gasteiger partial charge on any atom is -0.492 e. The Kier molecular flexibility index (Phi) is 5.48. The molecule has 0 unspecified atom stereocenters. The highest BCUT2D eigenvalue weighted by Crippen LogP contribution is 2.48. The fourth-order valence-electron chi connectivity index (χ4n) is 3.82. The molecule has 1 amide bonds. The molecule has 0 radical (unpaired) electrons. The fraction of sp³-hybridized carbons (Fsp3) is 0.320. The summed E-state index contributed by atoms with van der Waals surface area (Å²) in [6, 6.07) is 16.3. The molecule has 1 N–H and O–H groups in total. The molecule has 3 aromatic rings. The molecule has 156 valence electrons. The molecular formula is C25H27FN2O2. The number of nitrogens with one attached hydrogen (secondary N) is 1. The largest absolute Gasteiger partial charge is 0.492 e. The number of aryl methyl sites for hydroxylation is 1. The molecule has 1 fully saturated rings. The number of nitrogens with zero attached hydrogens (tertiary/aromatic N) is 1. The van der Waals surface area contributed by atoms with E-state index < -0.39 is 5.54 Å². The first-order valence-electron chi connectivity index (χ1n) is 10.3. The number of hydrogen-bond acceptors (Lipinski definition) is 3. The van der Waals surface area contributed by atoms with Crippen LogP contribution in [0.1, 0.15) is 34.3 Å². The molecule has 4 nitrogen and oxygen atoms in total. The Balaban J connectivity index is 1.58. The van der Waals surface area contributed by atoms with Crippen molar-refractivity contribution in [3.8, 4) is 5.75 Å². The number of likely N-dealkylation sites (N-methyl/N-ethyl adjacent to an activating group) is 1. The van der Waals surface area contributed by atoms with Crippen LogP contribution in [0.15, 0.2) is 54.6 Å². The van der Waals surface area contributed by atoms with Crippen LogP contribution < -0.4 is 10.1 Å². The second-order valence-electron chi connectivity index (χ2n) is 8.34. The number of carbonyl (C=O) groups is 1. The van der Waals surface area contributed by atoms with Crippen molar-refractivity contribution < 1.29 is 13.9 Å². The number of benzene rings is 3. The number of fused-ring (bicyclic) bond motifs is 1. The second-order valence-corrected chi connectivity index (χ2v) is 8.34. The van der Waals surface area contributed by atoms with Crippen molar-refractivity contribution >= 4 is 16.7 Å². The monoisotopic (exact) mass is 406 g/mol. The minimum absolute atomic E-state index is 0.128. The Bertz CT molecular complexity index is 1090. The van der Waals surface area contributed by atoms with Gasteiger partial charge in [-0.2, -0.15) is 0 Å². The van der Waals surface area contributed by atoms with Crippen LogP contribution in [-0.2, 0) is 5.54 Å².